The quantitative estimate of drug-likeness (QED) is 0.226. The van der Waals surface area contributed by atoms with E-state index in [0.717, 1.165) is 32.1 Å². The van der Waals surface area contributed by atoms with E-state index in [1.54, 1.807) is 16.7 Å². The predicted octanol–water partition coefficient (Wildman–Crippen LogP) is 8.76. The van der Waals surface area contributed by atoms with E-state index in [1.807, 2.05) is 0 Å². The van der Waals surface area contributed by atoms with Crippen molar-refractivity contribution in [3.8, 4) is 0 Å². The molecule has 0 N–H and O–H groups in total. The van der Waals surface area contributed by atoms with Gasteiger partial charge in [-0.25, -0.2) is 0 Å². The van der Waals surface area contributed by atoms with Crippen molar-refractivity contribution in [3.05, 3.63) is 108 Å². The van der Waals surface area contributed by atoms with Crippen LogP contribution in [0.5, 0.6) is 0 Å². The SMILES string of the molecule is CC1(C)N2C3=C(CCC=C3C13CCCCC3)B1C3OC(N(C4=CC=CCC4)C4C=CC=CC4)CC3N(C3C=CC=CC3)C3C=CCC2C13. The van der Waals surface area contributed by atoms with E-state index in [4.69, 9.17) is 4.74 Å². The zero-order valence-electron chi connectivity index (χ0n) is 29.2. The van der Waals surface area contributed by atoms with Gasteiger partial charge in [0, 0.05) is 52.9 Å². The summed E-state index contributed by atoms with van der Waals surface area (Å²) in [4.78, 5) is 8.77. The van der Waals surface area contributed by atoms with Gasteiger partial charge in [-0.15, -0.1) is 0 Å². The molecular formula is C43H54BN3O. The Balaban J connectivity index is 1.12. The number of allylic oxidation sites excluding steroid dienone is 11. The van der Waals surface area contributed by atoms with Crippen LogP contribution >= 0.6 is 0 Å². The fourth-order valence-corrected chi connectivity index (χ4v) is 12.9. The molecule has 3 saturated heterocycles. The summed E-state index contributed by atoms with van der Waals surface area (Å²) in [5, 5.41) is 0. The zero-order valence-corrected chi connectivity index (χ0v) is 29.2. The molecule has 250 valence electrons. The molecule has 0 aromatic heterocycles. The third kappa shape index (κ3) is 4.16. The van der Waals surface area contributed by atoms with E-state index < -0.39 is 0 Å². The second-order valence-electron chi connectivity index (χ2n) is 17.0. The van der Waals surface area contributed by atoms with Crippen molar-refractivity contribution in [2.24, 2.45) is 5.41 Å². The number of nitrogens with zero attached hydrogens (tertiary/aromatic N) is 3. The van der Waals surface area contributed by atoms with Gasteiger partial charge in [-0.1, -0.05) is 104 Å². The van der Waals surface area contributed by atoms with E-state index in [2.05, 4.69) is 114 Å². The highest BCUT2D eigenvalue weighted by Gasteiger charge is 2.69. The molecular weight excluding hydrogens is 585 g/mol. The van der Waals surface area contributed by atoms with Crippen LogP contribution in [0.1, 0.15) is 97.3 Å². The summed E-state index contributed by atoms with van der Waals surface area (Å²) in [6.45, 7) is 5.78. The van der Waals surface area contributed by atoms with Gasteiger partial charge in [-0.05, 0) is 89.1 Å². The normalized spacial score (nSPS) is 39.8. The van der Waals surface area contributed by atoms with Crippen LogP contribution in [0.4, 0.5) is 0 Å². The molecule has 0 aromatic carbocycles. The molecule has 10 rings (SSSR count). The van der Waals surface area contributed by atoms with Crippen LogP contribution < -0.4 is 0 Å². The molecule has 4 aliphatic heterocycles. The second kappa shape index (κ2) is 11.4. The molecule has 4 fully saturated rings. The Kier molecular flexibility index (Phi) is 7.14. The van der Waals surface area contributed by atoms with Gasteiger partial charge in [0.1, 0.15) is 6.23 Å². The Morgan fingerprint density at radius 3 is 2.46 bits per heavy atom. The van der Waals surface area contributed by atoms with Gasteiger partial charge < -0.3 is 14.5 Å². The highest BCUT2D eigenvalue weighted by Crippen LogP contribution is 2.67. The van der Waals surface area contributed by atoms with Crippen molar-refractivity contribution in [1.82, 2.24) is 14.7 Å². The summed E-state index contributed by atoms with van der Waals surface area (Å²) in [5.41, 5.74) is 7.14. The van der Waals surface area contributed by atoms with Gasteiger partial charge in [-0.2, -0.15) is 0 Å². The molecule has 1 saturated carbocycles. The van der Waals surface area contributed by atoms with Crippen LogP contribution in [0.3, 0.4) is 0 Å². The minimum atomic E-state index is 0.0963. The molecule has 4 heterocycles. The maximum atomic E-state index is 7.74. The number of fused-ring (bicyclic) bond motifs is 5. The monoisotopic (exact) mass is 639 g/mol. The van der Waals surface area contributed by atoms with Crippen molar-refractivity contribution in [3.63, 3.8) is 0 Å². The standard InChI is InChI=1S/C43H54BN3O/c1-42(2)43(27-13-6-14-28-43)33-23-15-24-34-40(33)47(42)36-26-16-25-35-39(36)44(34)41-37(46(35)32-21-11-5-12-22-32)29-38(48-41)45(30-17-7-3-8-18-30)31-19-9-4-10-20-31/h3-5,7-9,11-12,16-17,19,21,23,25,30,32,35-39,41H,6,10,13-15,18,20,22,24,26-29H2,1-2H3. The van der Waals surface area contributed by atoms with Crippen LogP contribution in [0.2, 0.25) is 5.82 Å². The van der Waals surface area contributed by atoms with Crippen LogP contribution in [-0.2, 0) is 4.74 Å². The van der Waals surface area contributed by atoms with Crippen molar-refractivity contribution >= 4 is 6.71 Å². The average Bonchev–Trinajstić information content (AvgIpc) is 3.64. The fourth-order valence-electron chi connectivity index (χ4n) is 12.9. The Bertz CT molecular complexity index is 1610. The van der Waals surface area contributed by atoms with Crippen LogP contribution in [0.25, 0.3) is 0 Å². The minimum absolute atomic E-state index is 0.0963. The molecule has 0 radical (unpaired) electrons. The summed E-state index contributed by atoms with van der Waals surface area (Å²) < 4.78 is 7.74. The zero-order chi connectivity index (χ0) is 32.0. The number of rotatable bonds is 4. The van der Waals surface area contributed by atoms with Crippen molar-refractivity contribution in [2.45, 2.75) is 151 Å². The number of hydrogen-bond donors (Lipinski definition) is 0. The van der Waals surface area contributed by atoms with Gasteiger partial charge in [0.15, 0.2) is 0 Å². The average molecular weight is 640 g/mol. The lowest BCUT2D eigenvalue weighted by atomic mass is 9.25. The fraction of sp³-hybridized carbons (Fsp3) is 0.581. The summed E-state index contributed by atoms with van der Waals surface area (Å²) in [5.74, 6) is 0.563. The molecule has 0 aromatic rings. The van der Waals surface area contributed by atoms with E-state index in [0.29, 0.717) is 48.2 Å². The first kappa shape index (κ1) is 30.1. The Hall–Kier alpha value is -2.76. The van der Waals surface area contributed by atoms with Gasteiger partial charge in [0.25, 0.3) is 0 Å². The minimum Gasteiger partial charge on any atom is -0.363 e. The molecule has 4 nitrogen and oxygen atoms in total. The first-order valence-corrected chi connectivity index (χ1v) is 19.7. The van der Waals surface area contributed by atoms with E-state index in [9.17, 15) is 0 Å². The smallest absolute Gasteiger partial charge is 0.216 e. The largest absolute Gasteiger partial charge is 0.363 e. The highest BCUT2D eigenvalue weighted by atomic mass is 16.5. The molecule has 6 aliphatic carbocycles. The lowest BCUT2D eigenvalue weighted by Crippen LogP contribution is -2.71. The molecule has 0 amide bonds. The van der Waals surface area contributed by atoms with E-state index >= 15 is 0 Å². The molecule has 1 spiro atoms. The molecule has 48 heavy (non-hydrogen) atoms. The summed E-state index contributed by atoms with van der Waals surface area (Å²) in [7, 11) is 0. The van der Waals surface area contributed by atoms with Gasteiger partial charge >= 0.3 is 0 Å². The van der Waals surface area contributed by atoms with Crippen LogP contribution in [-0.4, -0.2) is 69.4 Å². The Labute approximate surface area is 289 Å². The first-order chi connectivity index (χ1) is 23.6. The Morgan fingerprint density at radius 1 is 0.833 bits per heavy atom. The second-order valence-corrected chi connectivity index (χ2v) is 17.0. The maximum Gasteiger partial charge on any atom is 0.216 e. The molecule has 5 heteroatoms. The maximum absolute atomic E-state index is 7.74. The van der Waals surface area contributed by atoms with Crippen molar-refractivity contribution in [2.75, 3.05) is 0 Å². The van der Waals surface area contributed by atoms with Crippen LogP contribution in [0, 0.1) is 5.41 Å². The Morgan fingerprint density at radius 2 is 1.69 bits per heavy atom. The van der Waals surface area contributed by atoms with Gasteiger partial charge in [0.05, 0.1) is 12.0 Å². The van der Waals surface area contributed by atoms with Crippen molar-refractivity contribution < 1.29 is 4.74 Å². The number of hydrogen-bond acceptors (Lipinski definition) is 4. The lowest BCUT2D eigenvalue weighted by molar-refractivity contribution is -0.0420. The summed E-state index contributed by atoms with van der Waals surface area (Å²) in [6, 6.07) is 2.39. The molecule has 8 unspecified atom stereocenters. The number of ether oxygens (including phenoxy) is 1. The predicted molar refractivity (Wildman–Crippen MR) is 197 cm³/mol. The molecule has 8 atom stereocenters. The van der Waals surface area contributed by atoms with Gasteiger partial charge in [-0.3, -0.25) is 4.90 Å². The first-order valence-electron chi connectivity index (χ1n) is 19.7. The molecule has 0 bridgehead atoms. The third-order valence-electron chi connectivity index (χ3n) is 14.8. The van der Waals surface area contributed by atoms with Crippen molar-refractivity contribution in [1.29, 1.82) is 0 Å². The highest BCUT2D eigenvalue weighted by molar-refractivity contribution is 6.71. The summed E-state index contributed by atoms with van der Waals surface area (Å²) >= 11 is 0. The van der Waals surface area contributed by atoms with Gasteiger partial charge in [0.2, 0.25) is 6.71 Å². The topological polar surface area (TPSA) is 19.0 Å². The van der Waals surface area contributed by atoms with E-state index in [-0.39, 0.29) is 17.8 Å². The van der Waals surface area contributed by atoms with Crippen LogP contribution in [0.15, 0.2) is 108 Å². The van der Waals surface area contributed by atoms with E-state index in [1.165, 1.54) is 57.1 Å². The summed E-state index contributed by atoms with van der Waals surface area (Å²) in [6.07, 6.45) is 49.8. The third-order valence-corrected chi connectivity index (χ3v) is 14.8. The molecule has 10 aliphatic rings. The lowest BCUT2D eigenvalue weighted by Gasteiger charge is -2.61.